The normalized spacial score (nSPS) is 24.3. The van der Waals surface area contributed by atoms with Gasteiger partial charge >= 0.3 is 36.0 Å². The topological polar surface area (TPSA) is 769 Å². The maximum absolute atomic E-state index is 14.6. The number of allylic oxidation sites excluding steroid dienone is 3. The number of primary amides is 1. The summed E-state index contributed by atoms with van der Waals surface area (Å²) in [5.74, 6) is -16.7. The van der Waals surface area contributed by atoms with E-state index in [1.54, 1.807) is 6.92 Å². The molecule has 3 fully saturated rings. The third-order valence-electron chi connectivity index (χ3n) is 22.6. The number of hydrogen-bond donors (Lipinski definition) is 23. The molecule has 3 aromatic rings. The minimum absolute atomic E-state index is 0.00155. The van der Waals surface area contributed by atoms with Crippen molar-refractivity contribution in [2.24, 2.45) is 22.5 Å². The minimum atomic E-state index is -2.16. The molecule has 3 aliphatic heterocycles. The number of aliphatic hydroxyl groups excluding tert-OH is 10. The first-order chi connectivity index (χ1) is 61.1. The van der Waals surface area contributed by atoms with Crippen LogP contribution in [0.15, 0.2) is 71.2 Å². The smallest absolute Gasteiger partial charge is 0.481 e. The highest BCUT2D eigenvalue weighted by atomic mass is 33.1. The van der Waals surface area contributed by atoms with Gasteiger partial charge in [0.05, 0.1) is 74.7 Å². The van der Waals surface area contributed by atoms with Gasteiger partial charge in [0.25, 0.3) is 11.5 Å². The van der Waals surface area contributed by atoms with Crippen LogP contribution in [-0.4, -0.2) is 338 Å². The van der Waals surface area contributed by atoms with Crippen LogP contribution < -0.4 is 59.6 Å². The molecule has 710 valence electrons. The number of epoxide rings is 1. The molecule has 1 saturated carbocycles. The van der Waals surface area contributed by atoms with Gasteiger partial charge in [-0.05, 0) is 76.1 Å². The molecule has 1 aromatic carbocycles. The van der Waals surface area contributed by atoms with Crippen molar-refractivity contribution in [1.82, 2.24) is 57.2 Å². The summed E-state index contributed by atoms with van der Waals surface area (Å²) < 4.78 is 41.5. The van der Waals surface area contributed by atoms with E-state index in [0.717, 1.165) is 39.3 Å². The Kier molecular flexibility index (Phi) is 38.4. The van der Waals surface area contributed by atoms with Crippen molar-refractivity contribution >= 4 is 128 Å². The number of carboxylic acids is 2. The van der Waals surface area contributed by atoms with Crippen LogP contribution in [0.2, 0.25) is 0 Å². The number of benzene rings is 1. The highest BCUT2D eigenvalue weighted by molar-refractivity contribution is 8.76. The lowest BCUT2D eigenvalue weighted by atomic mass is 9.51. The highest BCUT2D eigenvalue weighted by Crippen LogP contribution is 2.72. The van der Waals surface area contributed by atoms with E-state index >= 15 is 0 Å². The Morgan fingerprint density at radius 3 is 1.81 bits per heavy atom. The summed E-state index contributed by atoms with van der Waals surface area (Å²) in [6, 6.07) is -3.99. The molecule has 129 heavy (non-hydrogen) atoms. The van der Waals surface area contributed by atoms with Gasteiger partial charge in [0.2, 0.25) is 53.4 Å². The van der Waals surface area contributed by atoms with Crippen LogP contribution in [0.1, 0.15) is 114 Å². The van der Waals surface area contributed by atoms with Gasteiger partial charge < -0.3 is 148 Å². The first-order valence-electron chi connectivity index (χ1n) is 40.9. The van der Waals surface area contributed by atoms with Gasteiger partial charge in [-0.25, -0.2) is 33.9 Å². The van der Waals surface area contributed by atoms with Crippen LogP contribution in [0.3, 0.4) is 0 Å². The Morgan fingerprint density at radius 1 is 0.674 bits per heavy atom. The van der Waals surface area contributed by atoms with Gasteiger partial charge in [-0.3, -0.25) is 52.9 Å². The average molecular weight is 1860 g/mol. The number of carbonyl (C=O) groups excluding carboxylic acids is 12. The number of aromatic nitrogens is 4. The molecule has 5 aliphatic rings. The first kappa shape index (κ1) is 103. The van der Waals surface area contributed by atoms with Crippen LogP contribution >= 0.6 is 21.6 Å². The van der Waals surface area contributed by atoms with Crippen LogP contribution in [0.5, 0.6) is 0 Å². The second-order valence-electron chi connectivity index (χ2n) is 31.5. The summed E-state index contributed by atoms with van der Waals surface area (Å²) in [5.41, 5.74) is 9.37. The predicted octanol–water partition coefficient (Wildman–Crippen LogP) is -6.45. The van der Waals surface area contributed by atoms with Gasteiger partial charge in [-0.15, -0.1) is 0 Å². The number of nitrogens with one attached hydrogen (secondary N) is 9. The molecule has 8 rings (SSSR count). The number of nitrogens with zero attached hydrogens (tertiary/aromatic N) is 3. The van der Waals surface area contributed by atoms with Gasteiger partial charge in [0.15, 0.2) is 11.2 Å². The molecule has 2 saturated heterocycles. The number of aliphatic hydroxyl groups is 10. The van der Waals surface area contributed by atoms with E-state index in [4.69, 9.17) is 44.6 Å². The maximum Gasteiger partial charge on any atom is 0.509 e. The SMILES string of the molecule is CC1=C[C@H]2O[C@@H]3C[C@H]4OC(=O)/C=C\C=C\C(=O)OCC[C@@H](C)[C@H](OC(=O)OCCSSC[C@H](NC(=O)[C@H](CCC(=O)NC[C@H](O)[C@@H](O)[C@H](O)[C@H](O)CO)NC(=O)[C@H](CCC(=O)O)NC(=O)[C@H](CCC(=O)NC[C@H](O)[C@@H](O)[C@H](O)[C@H](O)CO)NC(=O)CC[C@H](NC(=O)c5ccc(NCc6cnc7nc(N)[nH]c(=O)c7n6)cc5)C(=O)O)C(N)=O)C(=O)OC[C@@]2(CC1)[C@]4(C)[C@]31CO1. The number of nitrogen functional groups attached to an aromatic ring is 1. The van der Waals surface area contributed by atoms with E-state index in [1.165, 1.54) is 42.6 Å². The number of fused-ring (bicyclic) bond motifs is 1. The summed E-state index contributed by atoms with van der Waals surface area (Å²) in [4.78, 5) is 216. The number of ether oxygens (including phenoxy) is 7. The van der Waals surface area contributed by atoms with Crippen molar-refractivity contribution in [3.63, 3.8) is 0 Å². The average Bonchev–Trinajstić information content (AvgIpc) is 1.48. The van der Waals surface area contributed by atoms with Crippen molar-refractivity contribution in [1.29, 1.82) is 0 Å². The Morgan fingerprint density at radius 2 is 1.23 bits per heavy atom. The van der Waals surface area contributed by atoms with E-state index in [9.17, 15) is 133 Å². The van der Waals surface area contributed by atoms with E-state index in [0.29, 0.717) is 24.2 Å². The molecule has 0 radical (unpaired) electrons. The second kappa shape index (κ2) is 48.0. The quantitative estimate of drug-likeness (QED) is 0.00625. The van der Waals surface area contributed by atoms with Gasteiger partial charge in [0, 0.05) is 91.4 Å². The van der Waals surface area contributed by atoms with Crippen molar-refractivity contribution in [2.45, 2.75) is 213 Å². The van der Waals surface area contributed by atoms with E-state index < -0.39 is 305 Å². The summed E-state index contributed by atoms with van der Waals surface area (Å²) in [6.45, 7) is 0.895. The van der Waals surface area contributed by atoms with Gasteiger partial charge in [-0.2, -0.15) is 4.98 Å². The number of carboxylic acid groups (broad SMARTS) is 2. The lowest BCUT2D eigenvalue weighted by molar-refractivity contribution is -0.234. The third-order valence-corrected chi connectivity index (χ3v) is 25.0. The molecule has 48 nitrogen and oxygen atoms in total. The molecule has 5 heterocycles. The molecule has 50 heteroatoms. The van der Waals surface area contributed by atoms with E-state index in [2.05, 4.69) is 62.5 Å². The summed E-state index contributed by atoms with van der Waals surface area (Å²) in [7, 11) is 1.81. The largest absolute Gasteiger partial charge is 0.509 e. The Labute approximate surface area is 742 Å². The Balaban J connectivity index is 0.933. The van der Waals surface area contributed by atoms with Crippen molar-refractivity contribution in [3.05, 3.63) is 88.0 Å². The first-order valence-corrected chi connectivity index (χ1v) is 43.4. The number of anilines is 2. The number of hydrogen-bond acceptors (Lipinski definition) is 39. The lowest BCUT2D eigenvalue weighted by Gasteiger charge is -2.58. The molecular formula is C79H108N14O34S2. The number of rotatable bonds is 45. The maximum atomic E-state index is 14.6. The molecule has 2 spiro atoms. The fourth-order valence-electron chi connectivity index (χ4n) is 14.9. The van der Waals surface area contributed by atoms with E-state index in [1.807, 2.05) is 19.9 Å². The Bertz CT molecular complexity index is 4660. The summed E-state index contributed by atoms with van der Waals surface area (Å²) >= 11 is 0. The lowest BCUT2D eigenvalue weighted by Crippen LogP contribution is -2.67. The zero-order valence-corrected chi connectivity index (χ0v) is 71.7. The number of carbonyl (C=O) groups is 14. The van der Waals surface area contributed by atoms with Crippen LogP contribution in [-0.2, 0) is 97.2 Å². The fourth-order valence-corrected chi connectivity index (χ4v) is 16.9. The van der Waals surface area contributed by atoms with Crippen molar-refractivity contribution in [3.8, 4) is 0 Å². The Hall–Kier alpha value is -11.1. The molecule has 25 N–H and O–H groups in total. The van der Waals surface area contributed by atoms with Crippen LogP contribution in [0.25, 0.3) is 11.2 Å². The molecule has 2 aliphatic carbocycles. The zero-order valence-electron chi connectivity index (χ0n) is 70.1. The number of esters is 3. The fraction of sp³-hybridized carbons (Fsp3) is 0.595. The second-order valence-corrected chi connectivity index (χ2v) is 34.1. The third kappa shape index (κ3) is 28.2. The number of aliphatic carboxylic acids is 2. The number of nitrogens with two attached hydrogens (primary N) is 2. The van der Waals surface area contributed by atoms with E-state index in [-0.39, 0.29) is 67.6 Å². The summed E-state index contributed by atoms with van der Waals surface area (Å²) in [6.07, 6.45) is -18.5. The predicted molar refractivity (Wildman–Crippen MR) is 445 cm³/mol. The minimum Gasteiger partial charge on any atom is -0.481 e. The molecule has 8 amide bonds. The monoisotopic (exact) mass is 1860 g/mol. The standard InChI is InChI=1S/C79H108N14O34S2/c1-37-20-22-78-35-123-74(119)65(38(2)21-23-121-58(105)6-4-5-7-59(106)126-51-27-53(125-52(78)26-37)79(36-124-79)77(51,78)3)127-76(120)122-24-25-128-129-34-46(66(80)111)91-71(115)43(13-17-55(101)84-31-48(97)62(108)64(110)50(99)33-95)88-70(114)44(15-19-57(103)104)89-69(113)42(12-16-54(100)83-30-47(96)61(107)63(109)49(98)32-94)87-56(102)18-14-45(73(117)118)90-68(112)39-8-10-40(11-9-39)82-28-41-29-85-67-60(86-41)72(116)93-75(81)92-67/h4-11,26,29,38,42-53,61-65,82,94-99,107-110H,12-25,27-28,30-36H2,1-3H3,(H2,80,111)(H,83,100)(H,84,101)(H,87,102)(H,88,114)(H,89,113)(H,90,112)(H,91,115)(H,103,104)(H,117,118)(H3,81,85,92,93,116)/b6-4+,7-5-/t38-,42+,43+,44+,45+,46+,47+,48+,49-,50-,51-,52-,53-,61-,62-,63-,64-,65+,77-,78-,79+/m1/s1. The van der Waals surface area contributed by atoms with Gasteiger partial charge in [-0.1, -0.05) is 59.2 Å². The molecule has 21 atom stereocenters. The number of amides is 8. The van der Waals surface area contributed by atoms with Crippen molar-refractivity contribution < 1.29 is 162 Å². The summed E-state index contributed by atoms with van der Waals surface area (Å²) in [5, 5.41) is 139. The molecule has 2 aromatic heterocycles. The number of aromatic amines is 1. The van der Waals surface area contributed by atoms with Gasteiger partial charge in [0.1, 0.15) is 91.8 Å². The van der Waals surface area contributed by atoms with Crippen LogP contribution in [0.4, 0.5) is 16.4 Å². The molecule has 0 unspecified atom stereocenters. The molecular weight excluding hydrogens is 1750 g/mol. The number of H-pyrrole nitrogens is 1. The van der Waals surface area contributed by atoms with Crippen LogP contribution in [0, 0.1) is 16.7 Å². The molecule has 2 bridgehead atoms. The van der Waals surface area contributed by atoms with Crippen molar-refractivity contribution in [2.75, 3.05) is 75.3 Å². The highest BCUT2D eigenvalue weighted by Gasteiger charge is 2.83. The zero-order chi connectivity index (χ0) is 94.8. The number of cyclic esters (lactones) is 2.